The zero-order chi connectivity index (χ0) is 24.2. The first kappa shape index (κ1) is 23.7. The van der Waals surface area contributed by atoms with Gasteiger partial charge in [0.05, 0.1) is 50.3 Å². The molecule has 11 heteroatoms. The minimum atomic E-state index is -0.595. The van der Waals surface area contributed by atoms with Gasteiger partial charge < -0.3 is 25.0 Å². The Hall–Kier alpha value is -3.47. The Labute approximate surface area is 197 Å². The Bertz CT molecular complexity index is 1080. The fourth-order valence-electron chi connectivity index (χ4n) is 4.07. The highest BCUT2D eigenvalue weighted by Crippen LogP contribution is 2.34. The number of ether oxygens (including phenoxy) is 2. The number of fused-ring (bicyclic) bond motifs is 1. The van der Waals surface area contributed by atoms with Crippen molar-refractivity contribution in [3.05, 3.63) is 35.3 Å². The van der Waals surface area contributed by atoms with Gasteiger partial charge in [0.1, 0.15) is 11.6 Å². The first-order valence-electron chi connectivity index (χ1n) is 11.4. The van der Waals surface area contributed by atoms with Crippen LogP contribution < -0.4 is 15.5 Å². The molecule has 1 aromatic carbocycles. The maximum absolute atomic E-state index is 14.8. The first-order valence-corrected chi connectivity index (χ1v) is 11.4. The summed E-state index contributed by atoms with van der Waals surface area (Å²) in [5, 5.41) is 5.05. The van der Waals surface area contributed by atoms with E-state index >= 15 is 0 Å². The van der Waals surface area contributed by atoms with E-state index < -0.39 is 17.9 Å². The van der Waals surface area contributed by atoms with E-state index in [1.165, 1.54) is 12.1 Å². The second-order valence-electron chi connectivity index (χ2n) is 8.15. The number of anilines is 2. The molecule has 1 fully saturated rings. The maximum Gasteiger partial charge on any atom is 0.410 e. The van der Waals surface area contributed by atoms with E-state index in [2.05, 4.69) is 20.5 Å². The van der Waals surface area contributed by atoms with Crippen molar-refractivity contribution in [3.8, 4) is 11.4 Å². The summed E-state index contributed by atoms with van der Waals surface area (Å²) in [6, 6.07) is 4.05. The Morgan fingerprint density at radius 3 is 2.79 bits per heavy atom. The van der Waals surface area contributed by atoms with Gasteiger partial charge in [0.25, 0.3) is 0 Å². The number of urea groups is 1. The number of aromatic nitrogens is 2. The molecule has 10 nitrogen and oxygen atoms in total. The molecule has 1 atom stereocenters. The van der Waals surface area contributed by atoms with Crippen molar-refractivity contribution in [2.24, 2.45) is 0 Å². The van der Waals surface area contributed by atoms with Crippen LogP contribution in [-0.4, -0.2) is 65.9 Å². The first-order chi connectivity index (χ1) is 16.4. The van der Waals surface area contributed by atoms with Crippen molar-refractivity contribution in [3.63, 3.8) is 0 Å². The van der Waals surface area contributed by atoms with Crippen molar-refractivity contribution in [2.75, 3.05) is 43.1 Å². The highest BCUT2D eigenvalue weighted by atomic mass is 19.1. The molecule has 0 unspecified atom stereocenters. The van der Waals surface area contributed by atoms with Crippen LogP contribution in [0.3, 0.4) is 0 Å². The van der Waals surface area contributed by atoms with Crippen LogP contribution in [0.1, 0.15) is 32.0 Å². The number of hydrogen-bond acceptors (Lipinski definition) is 7. The highest BCUT2D eigenvalue weighted by molar-refractivity contribution is 5.89. The zero-order valence-corrected chi connectivity index (χ0v) is 19.6. The summed E-state index contributed by atoms with van der Waals surface area (Å²) in [5.41, 5.74) is 2.10. The van der Waals surface area contributed by atoms with E-state index in [1.807, 2.05) is 6.92 Å². The Kier molecular flexibility index (Phi) is 7.11. The fourth-order valence-corrected chi connectivity index (χ4v) is 4.07. The molecule has 2 aliphatic heterocycles. The molecule has 4 rings (SSSR count). The lowest BCUT2D eigenvalue weighted by Crippen LogP contribution is -2.44. The van der Waals surface area contributed by atoms with E-state index in [4.69, 9.17) is 14.5 Å². The van der Waals surface area contributed by atoms with Crippen LogP contribution in [0, 0.1) is 5.82 Å². The molecule has 1 aromatic heterocycles. The van der Waals surface area contributed by atoms with Gasteiger partial charge >= 0.3 is 12.1 Å². The third kappa shape index (κ3) is 4.89. The molecular formula is C23H29FN6O4. The number of nitrogens with one attached hydrogen (secondary N) is 2. The van der Waals surface area contributed by atoms with E-state index in [0.29, 0.717) is 55.7 Å². The summed E-state index contributed by atoms with van der Waals surface area (Å²) in [4.78, 5) is 37.3. The second-order valence-corrected chi connectivity index (χ2v) is 8.15. The molecule has 0 aliphatic carbocycles. The van der Waals surface area contributed by atoms with Crippen LogP contribution in [0.5, 0.6) is 0 Å². The molecule has 2 aromatic rings. The van der Waals surface area contributed by atoms with Gasteiger partial charge in [-0.3, -0.25) is 4.90 Å². The predicted molar refractivity (Wildman–Crippen MR) is 124 cm³/mol. The zero-order valence-electron chi connectivity index (χ0n) is 19.6. The largest absolute Gasteiger partial charge is 0.450 e. The molecule has 2 N–H and O–H groups in total. The number of amides is 3. The quantitative estimate of drug-likeness (QED) is 0.688. The summed E-state index contributed by atoms with van der Waals surface area (Å²) in [7, 11) is 0. The smallest absolute Gasteiger partial charge is 0.410 e. The van der Waals surface area contributed by atoms with Crippen LogP contribution in [0.25, 0.3) is 11.4 Å². The summed E-state index contributed by atoms with van der Waals surface area (Å²) in [6.07, 6.45) is -0.408. The summed E-state index contributed by atoms with van der Waals surface area (Å²) < 4.78 is 25.5. The summed E-state index contributed by atoms with van der Waals surface area (Å²) in [5.74, 6) is 0.469. The van der Waals surface area contributed by atoms with Crippen molar-refractivity contribution < 1.29 is 23.5 Å². The van der Waals surface area contributed by atoms with Gasteiger partial charge in [-0.25, -0.2) is 23.9 Å². The van der Waals surface area contributed by atoms with Gasteiger partial charge in [0, 0.05) is 24.2 Å². The number of carbonyl (C=O) groups is 2. The van der Waals surface area contributed by atoms with Gasteiger partial charge in [-0.1, -0.05) is 0 Å². The van der Waals surface area contributed by atoms with Gasteiger partial charge in [0.2, 0.25) is 0 Å². The highest BCUT2D eigenvalue weighted by Gasteiger charge is 2.33. The van der Waals surface area contributed by atoms with Crippen LogP contribution in [0.2, 0.25) is 0 Å². The van der Waals surface area contributed by atoms with E-state index in [9.17, 15) is 14.0 Å². The van der Waals surface area contributed by atoms with Crippen molar-refractivity contribution in [1.82, 2.24) is 20.2 Å². The molecule has 182 valence electrons. The standard InChI is InChI=1S/C23H29FN6O4/c1-4-25-22(31)27-18-7-6-15(10-17(18)24)20-26-19-12-29(23(32)34-5-2)11-16(19)21(28-20)30-8-9-33-13-14(30)3/h6-7,10,14H,4-5,8-9,11-13H2,1-3H3,(H2,25,27,31)/t14-/m0/s1. The average Bonchev–Trinajstić information content (AvgIpc) is 3.25. The number of carbonyl (C=O) groups excluding carboxylic acids is 2. The number of halogens is 1. The molecule has 34 heavy (non-hydrogen) atoms. The van der Waals surface area contributed by atoms with Crippen molar-refractivity contribution in [1.29, 1.82) is 0 Å². The molecule has 0 spiro atoms. The SMILES string of the molecule is CCNC(=O)Nc1ccc(-c2nc3c(c(N4CCOC[C@@H]4C)n2)CN(C(=O)OCC)C3)cc1F. The lowest BCUT2D eigenvalue weighted by atomic mass is 10.1. The van der Waals surface area contributed by atoms with Gasteiger partial charge in [-0.05, 0) is 39.0 Å². The molecule has 1 saturated heterocycles. The third-order valence-corrected chi connectivity index (χ3v) is 5.74. The van der Waals surface area contributed by atoms with Gasteiger partial charge in [0.15, 0.2) is 5.82 Å². The second kappa shape index (κ2) is 10.2. The predicted octanol–water partition coefficient (Wildman–Crippen LogP) is 3.12. The van der Waals surface area contributed by atoms with Crippen molar-refractivity contribution in [2.45, 2.75) is 39.9 Å². The Balaban J connectivity index is 1.70. The molecular weight excluding hydrogens is 443 g/mol. The number of benzene rings is 1. The lowest BCUT2D eigenvalue weighted by molar-refractivity contribution is 0.0980. The van der Waals surface area contributed by atoms with Crippen LogP contribution in [0.4, 0.5) is 25.5 Å². The molecule has 3 amide bonds. The van der Waals surface area contributed by atoms with Crippen molar-refractivity contribution >= 4 is 23.6 Å². The fraction of sp³-hybridized carbons (Fsp3) is 0.478. The monoisotopic (exact) mass is 472 g/mol. The van der Waals surface area contributed by atoms with Crippen LogP contribution >= 0.6 is 0 Å². The summed E-state index contributed by atoms with van der Waals surface area (Å²) in [6.45, 7) is 8.71. The molecule has 3 heterocycles. The van der Waals surface area contributed by atoms with E-state index in [-0.39, 0.29) is 24.9 Å². The van der Waals surface area contributed by atoms with Crippen LogP contribution in [-0.2, 0) is 22.6 Å². The maximum atomic E-state index is 14.8. The number of hydrogen-bond donors (Lipinski definition) is 2. The molecule has 0 bridgehead atoms. The van der Waals surface area contributed by atoms with Crippen LogP contribution in [0.15, 0.2) is 18.2 Å². The Morgan fingerprint density at radius 2 is 2.09 bits per heavy atom. The van der Waals surface area contributed by atoms with Gasteiger partial charge in [-0.15, -0.1) is 0 Å². The number of morpholine rings is 1. The lowest BCUT2D eigenvalue weighted by Gasteiger charge is -2.35. The molecule has 0 saturated carbocycles. The van der Waals surface area contributed by atoms with E-state index in [1.54, 1.807) is 24.8 Å². The topological polar surface area (TPSA) is 109 Å². The van der Waals surface area contributed by atoms with E-state index in [0.717, 1.165) is 5.56 Å². The normalized spacial score (nSPS) is 17.4. The molecule has 0 radical (unpaired) electrons. The number of rotatable bonds is 5. The number of nitrogens with zero attached hydrogens (tertiary/aromatic N) is 4. The summed E-state index contributed by atoms with van der Waals surface area (Å²) >= 11 is 0. The van der Waals surface area contributed by atoms with Gasteiger partial charge in [-0.2, -0.15) is 0 Å². The Morgan fingerprint density at radius 1 is 1.26 bits per heavy atom. The average molecular weight is 473 g/mol. The third-order valence-electron chi connectivity index (χ3n) is 5.74. The minimum absolute atomic E-state index is 0.0615. The minimum Gasteiger partial charge on any atom is -0.450 e. The molecule has 2 aliphatic rings.